The number of nitrogens with one attached hydrogen (secondary N) is 2. The molecule has 0 aromatic heterocycles. The van der Waals surface area contributed by atoms with E-state index >= 15 is 0 Å². The second-order valence-corrected chi connectivity index (χ2v) is 16.0. The van der Waals surface area contributed by atoms with Crippen molar-refractivity contribution < 1.29 is 37.1 Å². The first-order valence-electron chi connectivity index (χ1n) is 16.9. The van der Waals surface area contributed by atoms with E-state index in [0.29, 0.717) is 45.9 Å². The molecule has 0 saturated heterocycles. The number of hydroxylamine groups is 1. The molecule has 1 heterocycles. The zero-order chi connectivity index (χ0) is 38.3. The van der Waals surface area contributed by atoms with Crippen LogP contribution in [-0.2, 0) is 35.8 Å². The van der Waals surface area contributed by atoms with Gasteiger partial charge in [0.15, 0.2) is 5.60 Å². The molecular formula is C36H40Cl2N6O8S. The molecule has 1 saturated carbocycles. The lowest BCUT2D eigenvalue weighted by molar-refractivity contribution is -0.159. The van der Waals surface area contributed by atoms with Gasteiger partial charge in [-0.2, -0.15) is 0 Å². The number of ether oxygens (including phenoxy) is 2. The number of nitrogens with zero attached hydrogens (tertiary/aromatic N) is 4. The molecule has 1 aliphatic carbocycles. The average Bonchev–Trinajstić information content (AvgIpc) is 3.10. The second kappa shape index (κ2) is 17.2. The van der Waals surface area contributed by atoms with Gasteiger partial charge in [0.05, 0.1) is 38.0 Å². The number of carbonyl (C=O) groups excluding carboxylic acids is 3. The highest BCUT2D eigenvalue weighted by Crippen LogP contribution is 2.48. The molecule has 2 aliphatic rings. The van der Waals surface area contributed by atoms with Gasteiger partial charge in [0.25, 0.3) is 11.8 Å². The first-order chi connectivity index (χ1) is 25.2. The molecule has 0 spiro atoms. The van der Waals surface area contributed by atoms with Crippen molar-refractivity contribution in [1.82, 2.24) is 15.1 Å². The number of benzene rings is 3. The van der Waals surface area contributed by atoms with E-state index in [9.17, 15) is 22.8 Å². The van der Waals surface area contributed by atoms with Crippen LogP contribution in [0.3, 0.4) is 0 Å². The van der Waals surface area contributed by atoms with Gasteiger partial charge in [-0.15, -0.1) is 0 Å². The molecule has 0 radical (unpaired) electrons. The summed E-state index contributed by atoms with van der Waals surface area (Å²) in [4.78, 5) is 51.4. The summed E-state index contributed by atoms with van der Waals surface area (Å²) < 4.78 is 38.7. The van der Waals surface area contributed by atoms with Gasteiger partial charge in [-0.25, -0.2) is 23.4 Å². The zero-order valence-electron chi connectivity index (χ0n) is 29.3. The topological polar surface area (TPSA) is 189 Å². The van der Waals surface area contributed by atoms with Gasteiger partial charge in [-0.05, 0) is 79.2 Å². The summed E-state index contributed by atoms with van der Waals surface area (Å²) in [6.45, 7) is 2.89. The van der Waals surface area contributed by atoms with E-state index in [-0.39, 0.29) is 30.7 Å². The van der Waals surface area contributed by atoms with Crippen LogP contribution in [0.25, 0.3) is 10.4 Å². The minimum atomic E-state index is -3.64. The third kappa shape index (κ3) is 9.79. The van der Waals surface area contributed by atoms with Crippen molar-refractivity contribution in [3.8, 4) is 5.75 Å². The third-order valence-electron chi connectivity index (χ3n) is 9.05. The minimum absolute atomic E-state index is 0.00732. The van der Waals surface area contributed by atoms with Gasteiger partial charge < -0.3 is 14.4 Å². The van der Waals surface area contributed by atoms with E-state index in [0.717, 1.165) is 19.1 Å². The Morgan fingerprint density at radius 2 is 1.79 bits per heavy atom. The smallest absolute Gasteiger partial charge is 0.349 e. The SMILES string of the molecule is CC(C)(Oc1cccc(CONC(=O)[C@@H]2c3ccccc3C(=O)N([C@H]3CCCC[C@@H]3NS(C)(=O)=O)[C@H]2c2ccc(Cl)cc2Cl)c1)C(=O)OCCN=[N+]=[N-]. The molecule has 14 nitrogen and oxygen atoms in total. The highest BCUT2D eigenvalue weighted by molar-refractivity contribution is 7.88. The van der Waals surface area contributed by atoms with E-state index in [4.69, 9.17) is 43.0 Å². The Bertz CT molecular complexity index is 2010. The Labute approximate surface area is 317 Å². The maximum atomic E-state index is 14.5. The molecule has 2 amide bonds. The van der Waals surface area contributed by atoms with Crippen LogP contribution in [0, 0.1) is 0 Å². The number of azide groups is 1. The summed E-state index contributed by atoms with van der Waals surface area (Å²) in [6.07, 6.45) is 3.59. The van der Waals surface area contributed by atoms with Crippen LogP contribution in [0.1, 0.15) is 78.5 Å². The maximum Gasteiger partial charge on any atom is 0.349 e. The minimum Gasteiger partial charge on any atom is -0.476 e. The molecule has 3 aromatic rings. The van der Waals surface area contributed by atoms with E-state index in [1.165, 1.54) is 0 Å². The maximum absolute atomic E-state index is 14.5. The van der Waals surface area contributed by atoms with E-state index in [1.807, 2.05) is 0 Å². The Morgan fingerprint density at radius 1 is 1.04 bits per heavy atom. The summed E-state index contributed by atoms with van der Waals surface area (Å²) in [5, 5.41) is 3.94. The fraction of sp³-hybridized carbons (Fsp3) is 0.417. The first kappa shape index (κ1) is 39.8. The monoisotopic (exact) mass is 786 g/mol. The van der Waals surface area contributed by atoms with E-state index < -0.39 is 51.5 Å². The molecular weight excluding hydrogens is 747 g/mol. The highest BCUT2D eigenvalue weighted by atomic mass is 35.5. The number of rotatable bonds is 14. The summed E-state index contributed by atoms with van der Waals surface area (Å²) in [6, 6.07) is 16.2. The number of hydrogen-bond acceptors (Lipinski definition) is 9. The standard InChI is InChI=1S/C36H40Cl2N6O8S/c1-36(2,35(47)50-18-17-40-43-39)52-24-10-8-9-22(19-24)21-51-41-33(45)31-25-11-4-5-12-26(25)34(46)44(32(31)27-16-15-23(37)20-28(27)38)30-14-7-6-13-29(30)42-53(3,48)49/h4-5,8-12,15-16,19-20,29-32,42H,6-7,13-14,17-18,21H2,1-3H3,(H,41,45)/t29-,30-,31+,32-/m0/s1. The van der Waals surface area contributed by atoms with Gasteiger partial charge in [-0.1, -0.05) is 77.6 Å². The molecule has 1 fully saturated rings. The third-order valence-corrected chi connectivity index (χ3v) is 10.3. The van der Waals surface area contributed by atoms with Gasteiger partial charge in [0.2, 0.25) is 10.0 Å². The Morgan fingerprint density at radius 3 is 2.53 bits per heavy atom. The van der Waals surface area contributed by atoms with Crippen molar-refractivity contribution in [1.29, 1.82) is 0 Å². The van der Waals surface area contributed by atoms with Crippen LogP contribution in [0.4, 0.5) is 0 Å². The molecule has 0 unspecified atom stereocenters. The van der Waals surface area contributed by atoms with Crippen molar-refractivity contribution in [3.63, 3.8) is 0 Å². The van der Waals surface area contributed by atoms with Gasteiger partial charge >= 0.3 is 5.97 Å². The molecule has 282 valence electrons. The van der Waals surface area contributed by atoms with E-state index in [2.05, 4.69) is 20.2 Å². The second-order valence-electron chi connectivity index (χ2n) is 13.3. The van der Waals surface area contributed by atoms with Crippen LogP contribution in [0.5, 0.6) is 5.75 Å². The lowest BCUT2D eigenvalue weighted by Gasteiger charge is -2.49. The van der Waals surface area contributed by atoms with Crippen molar-refractivity contribution in [2.24, 2.45) is 5.11 Å². The quantitative estimate of drug-likeness (QED) is 0.0469. The molecule has 3 aromatic carbocycles. The molecule has 0 bridgehead atoms. The largest absolute Gasteiger partial charge is 0.476 e. The highest BCUT2D eigenvalue weighted by Gasteiger charge is 2.49. The predicted octanol–water partition coefficient (Wildman–Crippen LogP) is 6.39. The Kier molecular flexibility index (Phi) is 12.9. The summed E-state index contributed by atoms with van der Waals surface area (Å²) in [7, 11) is -3.64. The van der Waals surface area contributed by atoms with Crippen molar-refractivity contribution in [2.75, 3.05) is 19.4 Å². The summed E-state index contributed by atoms with van der Waals surface area (Å²) in [5.74, 6) is -2.25. The van der Waals surface area contributed by atoms with Crippen LogP contribution < -0.4 is 14.9 Å². The number of fused-ring (bicyclic) bond motifs is 1. The molecule has 4 atom stereocenters. The first-order valence-corrected chi connectivity index (χ1v) is 19.6. The van der Waals surface area contributed by atoms with E-state index in [1.54, 1.807) is 85.5 Å². The zero-order valence-corrected chi connectivity index (χ0v) is 31.7. The fourth-order valence-corrected chi connectivity index (χ4v) is 8.16. The molecule has 17 heteroatoms. The Hall–Kier alpha value is -4.37. The normalized spacial score (nSPS) is 20.2. The Balaban J connectivity index is 1.42. The molecule has 5 rings (SSSR count). The number of sulfonamides is 1. The fourth-order valence-electron chi connectivity index (χ4n) is 6.81. The average molecular weight is 788 g/mol. The lowest BCUT2D eigenvalue weighted by Crippen LogP contribution is -2.59. The van der Waals surface area contributed by atoms with Crippen molar-refractivity contribution in [3.05, 3.63) is 109 Å². The van der Waals surface area contributed by atoms with Crippen LogP contribution >= 0.6 is 23.2 Å². The van der Waals surface area contributed by atoms with Crippen molar-refractivity contribution in [2.45, 2.75) is 75.8 Å². The number of halogens is 2. The number of amides is 2. The van der Waals surface area contributed by atoms with Gasteiger partial charge in [0.1, 0.15) is 5.75 Å². The molecule has 53 heavy (non-hydrogen) atoms. The number of esters is 1. The van der Waals surface area contributed by atoms with Crippen LogP contribution in [0.15, 0.2) is 71.8 Å². The lowest BCUT2D eigenvalue weighted by atomic mass is 9.76. The van der Waals surface area contributed by atoms with Crippen molar-refractivity contribution >= 4 is 51.0 Å². The van der Waals surface area contributed by atoms with Gasteiger partial charge in [0, 0.05) is 32.6 Å². The van der Waals surface area contributed by atoms with Crippen LogP contribution in [0.2, 0.25) is 10.0 Å². The number of hydrogen-bond donors (Lipinski definition) is 2. The summed E-state index contributed by atoms with van der Waals surface area (Å²) in [5.41, 5.74) is 11.4. The van der Waals surface area contributed by atoms with Gasteiger partial charge in [-0.3, -0.25) is 14.4 Å². The molecule has 2 N–H and O–H groups in total. The number of carbonyl (C=O) groups is 3. The molecule has 1 aliphatic heterocycles. The predicted molar refractivity (Wildman–Crippen MR) is 198 cm³/mol. The summed E-state index contributed by atoms with van der Waals surface area (Å²) >= 11 is 13.1. The van der Waals surface area contributed by atoms with Crippen LogP contribution in [-0.4, -0.2) is 68.2 Å².